The topological polar surface area (TPSA) is 49.5 Å². The summed E-state index contributed by atoms with van der Waals surface area (Å²) in [6, 6.07) is 5.38. The molecule has 1 unspecified atom stereocenters. The lowest BCUT2D eigenvalue weighted by atomic mass is 10.2. The lowest BCUT2D eigenvalue weighted by Crippen LogP contribution is -2.32. The zero-order valence-electron chi connectivity index (χ0n) is 8.37. The van der Waals surface area contributed by atoms with Crippen LogP contribution in [-0.2, 0) is 0 Å². The van der Waals surface area contributed by atoms with Crippen molar-refractivity contribution in [3.05, 3.63) is 23.2 Å². The monoisotopic (exact) mass is 214 g/mol. The second-order valence-electron chi connectivity index (χ2n) is 3.35. The van der Waals surface area contributed by atoms with Crippen molar-refractivity contribution in [3.8, 4) is 0 Å². The van der Waals surface area contributed by atoms with Crippen molar-refractivity contribution >= 4 is 23.0 Å². The fourth-order valence-electron chi connectivity index (χ4n) is 1.21. The van der Waals surface area contributed by atoms with Crippen molar-refractivity contribution in [1.82, 2.24) is 0 Å². The Balaban J connectivity index is 2.95. The molecule has 3 nitrogen and oxygen atoms in total. The van der Waals surface area contributed by atoms with E-state index in [1.807, 2.05) is 24.9 Å². The number of nitrogen functional groups attached to an aromatic ring is 1. The quantitative estimate of drug-likeness (QED) is 0.754. The van der Waals surface area contributed by atoms with Gasteiger partial charge in [-0.05, 0) is 25.1 Å². The van der Waals surface area contributed by atoms with Crippen LogP contribution >= 0.6 is 11.6 Å². The summed E-state index contributed by atoms with van der Waals surface area (Å²) in [6.07, 6.45) is 0. The average molecular weight is 215 g/mol. The highest BCUT2D eigenvalue weighted by Crippen LogP contribution is 2.26. The van der Waals surface area contributed by atoms with Crippen molar-refractivity contribution < 1.29 is 5.11 Å². The number of benzene rings is 1. The predicted octanol–water partition coefficient (Wildman–Crippen LogP) is 1.74. The molecule has 0 saturated heterocycles. The zero-order chi connectivity index (χ0) is 10.7. The molecule has 0 bridgehead atoms. The minimum Gasteiger partial charge on any atom is -0.397 e. The molecular weight excluding hydrogens is 200 g/mol. The molecule has 0 saturated carbocycles. The molecule has 0 aliphatic rings. The van der Waals surface area contributed by atoms with Crippen molar-refractivity contribution in [3.63, 3.8) is 0 Å². The lowest BCUT2D eigenvalue weighted by Gasteiger charge is -2.26. The average Bonchev–Trinajstić information content (AvgIpc) is 2.15. The van der Waals surface area contributed by atoms with E-state index in [1.165, 1.54) is 0 Å². The summed E-state index contributed by atoms with van der Waals surface area (Å²) in [6.45, 7) is 2.02. The highest BCUT2D eigenvalue weighted by Gasteiger charge is 2.11. The van der Waals surface area contributed by atoms with Gasteiger partial charge in [0.25, 0.3) is 0 Å². The first-order valence-corrected chi connectivity index (χ1v) is 4.82. The van der Waals surface area contributed by atoms with Crippen LogP contribution in [0, 0.1) is 0 Å². The number of halogens is 1. The maximum absolute atomic E-state index is 9.00. The summed E-state index contributed by atoms with van der Waals surface area (Å²) in [5.74, 6) is 0. The first-order chi connectivity index (χ1) is 6.56. The summed E-state index contributed by atoms with van der Waals surface area (Å²) < 4.78 is 0. The second-order valence-corrected chi connectivity index (χ2v) is 3.78. The number of nitrogens with zero attached hydrogens (tertiary/aromatic N) is 1. The van der Waals surface area contributed by atoms with Gasteiger partial charge in [-0.2, -0.15) is 0 Å². The standard InChI is InChI=1S/C10H15ClN2O/c1-7(6-14)13(2)10-4-3-8(11)5-9(10)12/h3-5,7,14H,6,12H2,1-2H3. The largest absolute Gasteiger partial charge is 0.397 e. The van der Waals surface area contributed by atoms with E-state index in [9.17, 15) is 0 Å². The Labute approximate surface area is 89.1 Å². The van der Waals surface area contributed by atoms with E-state index in [0.29, 0.717) is 10.7 Å². The van der Waals surface area contributed by atoms with Crippen LogP contribution in [0.5, 0.6) is 0 Å². The van der Waals surface area contributed by atoms with E-state index in [-0.39, 0.29) is 12.6 Å². The number of rotatable bonds is 3. The second kappa shape index (κ2) is 4.53. The molecule has 14 heavy (non-hydrogen) atoms. The van der Waals surface area contributed by atoms with Crippen LogP contribution in [0.25, 0.3) is 0 Å². The predicted molar refractivity (Wildman–Crippen MR) is 60.8 cm³/mol. The first-order valence-electron chi connectivity index (χ1n) is 4.45. The molecule has 0 aromatic heterocycles. The van der Waals surface area contributed by atoms with Gasteiger partial charge in [0.15, 0.2) is 0 Å². The molecule has 0 radical (unpaired) electrons. The number of hydrogen-bond acceptors (Lipinski definition) is 3. The number of likely N-dealkylation sites (N-methyl/N-ethyl adjacent to an activating group) is 1. The minimum absolute atomic E-state index is 0.0403. The molecule has 0 aliphatic carbocycles. The van der Waals surface area contributed by atoms with E-state index < -0.39 is 0 Å². The van der Waals surface area contributed by atoms with Crippen molar-refractivity contribution in [2.45, 2.75) is 13.0 Å². The van der Waals surface area contributed by atoms with Gasteiger partial charge in [0.2, 0.25) is 0 Å². The molecule has 1 aromatic carbocycles. The Kier molecular flexibility index (Phi) is 3.61. The molecule has 0 fully saturated rings. The summed E-state index contributed by atoms with van der Waals surface area (Å²) in [7, 11) is 1.89. The van der Waals surface area contributed by atoms with Crippen LogP contribution in [-0.4, -0.2) is 24.8 Å². The summed E-state index contributed by atoms with van der Waals surface area (Å²) in [5.41, 5.74) is 7.32. The van der Waals surface area contributed by atoms with E-state index in [0.717, 1.165) is 5.69 Å². The lowest BCUT2D eigenvalue weighted by molar-refractivity contribution is 0.270. The van der Waals surface area contributed by atoms with Gasteiger partial charge in [0.1, 0.15) is 0 Å². The normalized spacial score (nSPS) is 12.6. The highest BCUT2D eigenvalue weighted by atomic mass is 35.5. The Morgan fingerprint density at radius 1 is 1.57 bits per heavy atom. The van der Waals surface area contributed by atoms with Crippen LogP contribution in [0.1, 0.15) is 6.92 Å². The summed E-state index contributed by atoms with van der Waals surface area (Å²) >= 11 is 5.79. The number of nitrogens with two attached hydrogens (primary N) is 1. The SMILES string of the molecule is CC(CO)N(C)c1ccc(Cl)cc1N. The number of aliphatic hydroxyl groups excluding tert-OH is 1. The fraction of sp³-hybridized carbons (Fsp3) is 0.400. The minimum atomic E-state index is 0.0403. The van der Waals surface area contributed by atoms with Crippen molar-refractivity contribution in [2.24, 2.45) is 0 Å². The van der Waals surface area contributed by atoms with E-state index >= 15 is 0 Å². The third kappa shape index (κ3) is 2.30. The van der Waals surface area contributed by atoms with Crippen LogP contribution in [0.3, 0.4) is 0 Å². The molecule has 1 rings (SSSR count). The van der Waals surface area contributed by atoms with Crippen LogP contribution in [0.15, 0.2) is 18.2 Å². The van der Waals surface area contributed by atoms with Gasteiger partial charge >= 0.3 is 0 Å². The third-order valence-corrected chi connectivity index (χ3v) is 2.53. The number of aliphatic hydroxyl groups is 1. The molecule has 0 heterocycles. The van der Waals surface area contributed by atoms with E-state index in [4.69, 9.17) is 22.4 Å². The van der Waals surface area contributed by atoms with E-state index in [1.54, 1.807) is 12.1 Å². The Bertz CT molecular complexity index is 317. The van der Waals surface area contributed by atoms with Crippen molar-refractivity contribution in [1.29, 1.82) is 0 Å². The molecule has 0 aliphatic heterocycles. The molecule has 0 spiro atoms. The molecule has 78 valence electrons. The van der Waals surface area contributed by atoms with Gasteiger partial charge in [-0.15, -0.1) is 0 Å². The van der Waals surface area contributed by atoms with Crippen LogP contribution < -0.4 is 10.6 Å². The molecule has 3 N–H and O–H groups in total. The third-order valence-electron chi connectivity index (χ3n) is 2.29. The Hall–Kier alpha value is -0.930. The van der Waals surface area contributed by atoms with Gasteiger partial charge < -0.3 is 15.7 Å². The molecular formula is C10H15ClN2O. The van der Waals surface area contributed by atoms with Gasteiger partial charge in [-0.1, -0.05) is 11.6 Å². The number of anilines is 2. The zero-order valence-corrected chi connectivity index (χ0v) is 9.12. The molecule has 1 atom stereocenters. The fourth-order valence-corrected chi connectivity index (χ4v) is 1.39. The number of hydrogen-bond donors (Lipinski definition) is 2. The molecule has 4 heteroatoms. The summed E-state index contributed by atoms with van der Waals surface area (Å²) in [5, 5.41) is 9.63. The highest BCUT2D eigenvalue weighted by molar-refractivity contribution is 6.31. The maximum Gasteiger partial charge on any atom is 0.0632 e. The smallest absolute Gasteiger partial charge is 0.0632 e. The van der Waals surface area contributed by atoms with Gasteiger partial charge in [0.05, 0.1) is 18.0 Å². The van der Waals surface area contributed by atoms with Crippen LogP contribution in [0.4, 0.5) is 11.4 Å². The first kappa shape index (κ1) is 11.1. The molecule has 0 amide bonds. The van der Waals surface area contributed by atoms with Crippen molar-refractivity contribution in [2.75, 3.05) is 24.3 Å². The Morgan fingerprint density at radius 3 is 2.71 bits per heavy atom. The summed E-state index contributed by atoms with van der Waals surface area (Å²) in [4.78, 5) is 1.92. The Morgan fingerprint density at radius 2 is 2.21 bits per heavy atom. The van der Waals surface area contributed by atoms with E-state index in [2.05, 4.69) is 0 Å². The van der Waals surface area contributed by atoms with Gasteiger partial charge in [-0.25, -0.2) is 0 Å². The van der Waals surface area contributed by atoms with Gasteiger partial charge in [-0.3, -0.25) is 0 Å². The van der Waals surface area contributed by atoms with Crippen LogP contribution in [0.2, 0.25) is 5.02 Å². The van der Waals surface area contributed by atoms with Gasteiger partial charge in [0, 0.05) is 18.1 Å². The molecule has 1 aromatic rings. The maximum atomic E-state index is 9.00.